The second-order valence-electron chi connectivity index (χ2n) is 7.82. The molecule has 1 amide bonds. The smallest absolute Gasteiger partial charge is 0.256 e. The summed E-state index contributed by atoms with van der Waals surface area (Å²) in [5.41, 5.74) is 5.88. The number of halogens is 1. The van der Waals surface area contributed by atoms with Crippen LogP contribution in [0.4, 0.5) is 5.69 Å². The van der Waals surface area contributed by atoms with Crippen LogP contribution in [0.2, 0.25) is 0 Å². The van der Waals surface area contributed by atoms with Gasteiger partial charge in [0.05, 0.1) is 0 Å². The molecule has 1 aliphatic heterocycles. The molecule has 0 saturated carbocycles. The van der Waals surface area contributed by atoms with Gasteiger partial charge < -0.3 is 10.4 Å². The Morgan fingerprint density at radius 3 is 2.58 bits per heavy atom. The molecule has 0 aliphatic carbocycles. The Kier molecular flexibility index (Phi) is 4.85. The first-order valence-electron chi connectivity index (χ1n) is 8.77. The lowest BCUT2D eigenvalue weighted by atomic mass is 9.84. The molecule has 0 bridgehead atoms. The normalized spacial score (nSPS) is 15.3. The number of fused-ring (bicyclic) bond motifs is 1. The van der Waals surface area contributed by atoms with Crippen molar-refractivity contribution in [1.82, 2.24) is 0 Å². The molecule has 0 aromatic heterocycles. The molecule has 3 nitrogen and oxygen atoms in total. The maximum Gasteiger partial charge on any atom is 0.256 e. The summed E-state index contributed by atoms with van der Waals surface area (Å²) in [6.07, 6.45) is 2.66. The van der Waals surface area contributed by atoms with Crippen molar-refractivity contribution in [3.8, 4) is 5.75 Å². The molecule has 2 aromatic carbocycles. The van der Waals surface area contributed by atoms with E-state index in [1.165, 1.54) is 0 Å². The first-order chi connectivity index (χ1) is 12.2. The van der Waals surface area contributed by atoms with E-state index in [1.54, 1.807) is 0 Å². The minimum atomic E-state index is -0.188. The van der Waals surface area contributed by atoms with Gasteiger partial charge in [-0.2, -0.15) is 0 Å². The number of phenolic OH excluding ortho intramolecular Hbond substituents is 1. The Bertz CT molecular complexity index is 907. The van der Waals surface area contributed by atoms with Gasteiger partial charge in [-0.15, -0.1) is 11.6 Å². The fraction of sp³-hybridized carbons (Fsp3) is 0.318. The summed E-state index contributed by atoms with van der Waals surface area (Å²) in [6.45, 7) is 8.07. The van der Waals surface area contributed by atoms with E-state index >= 15 is 0 Å². The number of hydrogen-bond acceptors (Lipinski definition) is 2. The van der Waals surface area contributed by atoms with Crippen LogP contribution in [0.5, 0.6) is 5.75 Å². The van der Waals surface area contributed by atoms with Crippen molar-refractivity contribution in [3.05, 3.63) is 58.1 Å². The van der Waals surface area contributed by atoms with Crippen molar-refractivity contribution >= 4 is 34.8 Å². The Morgan fingerprint density at radius 2 is 1.92 bits per heavy atom. The van der Waals surface area contributed by atoms with E-state index in [2.05, 4.69) is 26.1 Å². The summed E-state index contributed by atoms with van der Waals surface area (Å²) >= 11 is 5.85. The molecule has 0 atom stereocenters. The fourth-order valence-corrected chi connectivity index (χ4v) is 3.49. The number of hydrogen-bond donors (Lipinski definition) is 2. The van der Waals surface area contributed by atoms with Crippen LogP contribution in [-0.2, 0) is 16.6 Å². The zero-order valence-corrected chi connectivity index (χ0v) is 16.4. The van der Waals surface area contributed by atoms with Gasteiger partial charge in [0.15, 0.2) is 0 Å². The van der Waals surface area contributed by atoms with Gasteiger partial charge in [-0.25, -0.2) is 0 Å². The number of alkyl halides is 1. The summed E-state index contributed by atoms with van der Waals surface area (Å²) in [6, 6.07) is 9.82. The standard InChI is InChI=1S/C22H24ClNO2/c1-13-9-15(12-18(20(13)25)22(2,3)4)11-17-16-10-14(7-8-23)5-6-19(16)24-21(17)26/h5-6,9-12,25H,7-8H2,1-4H3,(H,24,26). The lowest BCUT2D eigenvalue weighted by Gasteiger charge is -2.22. The topological polar surface area (TPSA) is 49.3 Å². The number of rotatable bonds is 3. The number of benzene rings is 2. The molecule has 26 heavy (non-hydrogen) atoms. The van der Waals surface area contributed by atoms with E-state index in [0.717, 1.165) is 39.9 Å². The van der Waals surface area contributed by atoms with Gasteiger partial charge >= 0.3 is 0 Å². The predicted molar refractivity (Wildman–Crippen MR) is 109 cm³/mol. The molecule has 0 spiro atoms. The molecule has 0 saturated heterocycles. The van der Waals surface area contributed by atoms with E-state index in [1.807, 2.05) is 43.3 Å². The van der Waals surface area contributed by atoms with Gasteiger partial charge in [0.2, 0.25) is 0 Å². The van der Waals surface area contributed by atoms with Crippen LogP contribution in [0.25, 0.3) is 11.6 Å². The number of amides is 1. The Morgan fingerprint density at radius 1 is 1.19 bits per heavy atom. The van der Waals surface area contributed by atoms with E-state index in [4.69, 9.17) is 11.6 Å². The molecule has 1 heterocycles. The highest BCUT2D eigenvalue weighted by Crippen LogP contribution is 2.37. The second kappa shape index (κ2) is 6.81. The van der Waals surface area contributed by atoms with E-state index < -0.39 is 0 Å². The molecule has 1 aliphatic rings. The third kappa shape index (κ3) is 3.49. The van der Waals surface area contributed by atoms with Crippen molar-refractivity contribution in [2.45, 2.75) is 39.5 Å². The van der Waals surface area contributed by atoms with E-state index in [-0.39, 0.29) is 11.3 Å². The van der Waals surface area contributed by atoms with E-state index in [9.17, 15) is 9.90 Å². The third-order valence-corrected chi connectivity index (χ3v) is 4.88. The van der Waals surface area contributed by atoms with Crippen LogP contribution < -0.4 is 5.32 Å². The molecule has 3 rings (SSSR count). The van der Waals surface area contributed by atoms with Crippen LogP contribution in [0, 0.1) is 6.92 Å². The van der Waals surface area contributed by atoms with Crippen LogP contribution in [0.15, 0.2) is 30.3 Å². The zero-order chi connectivity index (χ0) is 19.1. The predicted octanol–water partition coefficient (Wildman–Crippen LogP) is 5.27. The average molecular weight is 370 g/mol. The summed E-state index contributed by atoms with van der Waals surface area (Å²) in [5.74, 6) is 0.761. The van der Waals surface area contributed by atoms with Gasteiger partial charge in [-0.1, -0.05) is 26.8 Å². The van der Waals surface area contributed by atoms with Crippen LogP contribution >= 0.6 is 11.6 Å². The minimum Gasteiger partial charge on any atom is -0.507 e. The zero-order valence-electron chi connectivity index (χ0n) is 15.6. The van der Waals surface area contributed by atoms with E-state index in [0.29, 0.717) is 17.2 Å². The lowest BCUT2D eigenvalue weighted by Crippen LogP contribution is -2.12. The van der Waals surface area contributed by atoms with Gasteiger partial charge in [0, 0.05) is 28.3 Å². The molecular formula is C22H24ClNO2. The number of anilines is 1. The van der Waals surface area contributed by atoms with Gasteiger partial charge in [-0.3, -0.25) is 4.79 Å². The summed E-state index contributed by atoms with van der Waals surface area (Å²) in [7, 11) is 0. The number of carbonyl (C=O) groups is 1. The highest BCUT2D eigenvalue weighted by atomic mass is 35.5. The van der Waals surface area contributed by atoms with Gasteiger partial charge in [-0.05, 0) is 65.8 Å². The van der Waals surface area contributed by atoms with Crippen molar-refractivity contribution < 1.29 is 9.90 Å². The minimum absolute atomic E-state index is 0.105. The molecule has 0 fully saturated rings. The largest absolute Gasteiger partial charge is 0.507 e. The average Bonchev–Trinajstić information content (AvgIpc) is 2.85. The first-order valence-corrected chi connectivity index (χ1v) is 9.30. The highest BCUT2D eigenvalue weighted by molar-refractivity contribution is 6.35. The number of aromatic hydroxyl groups is 1. The van der Waals surface area contributed by atoms with Crippen molar-refractivity contribution in [2.24, 2.45) is 0 Å². The maximum absolute atomic E-state index is 12.5. The van der Waals surface area contributed by atoms with Crippen molar-refractivity contribution in [3.63, 3.8) is 0 Å². The summed E-state index contributed by atoms with van der Waals surface area (Å²) < 4.78 is 0. The molecule has 2 N–H and O–H groups in total. The van der Waals surface area contributed by atoms with Crippen LogP contribution in [-0.4, -0.2) is 16.9 Å². The number of aryl methyl sites for hydroxylation is 2. The second-order valence-corrected chi connectivity index (χ2v) is 8.19. The van der Waals surface area contributed by atoms with Gasteiger partial charge in [0.1, 0.15) is 5.75 Å². The maximum atomic E-state index is 12.5. The Hall–Kier alpha value is -2.26. The van der Waals surface area contributed by atoms with Crippen molar-refractivity contribution in [2.75, 3.05) is 11.2 Å². The van der Waals surface area contributed by atoms with Crippen LogP contribution in [0.3, 0.4) is 0 Å². The molecule has 0 unspecified atom stereocenters. The number of nitrogens with one attached hydrogen (secondary N) is 1. The molecular weight excluding hydrogens is 346 g/mol. The number of phenols is 1. The SMILES string of the molecule is Cc1cc(C=C2C(=O)Nc3ccc(CCCl)cc32)cc(C(C)(C)C)c1O. The Labute approximate surface area is 159 Å². The number of carbonyl (C=O) groups excluding carboxylic acids is 1. The molecule has 0 radical (unpaired) electrons. The molecule has 2 aromatic rings. The molecule has 136 valence electrons. The lowest BCUT2D eigenvalue weighted by molar-refractivity contribution is -0.110. The molecule has 4 heteroatoms. The quantitative estimate of drug-likeness (QED) is 0.571. The summed E-state index contributed by atoms with van der Waals surface area (Å²) in [5, 5.41) is 13.3. The monoisotopic (exact) mass is 369 g/mol. The van der Waals surface area contributed by atoms with Gasteiger partial charge in [0.25, 0.3) is 5.91 Å². The summed E-state index contributed by atoms with van der Waals surface area (Å²) in [4.78, 5) is 12.5. The third-order valence-electron chi connectivity index (χ3n) is 4.69. The van der Waals surface area contributed by atoms with Crippen molar-refractivity contribution in [1.29, 1.82) is 0 Å². The Balaban J connectivity index is 2.11. The van der Waals surface area contributed by atoms with Crippen LogP contribution in [0.1, 0.15) is 48.6 Å². The fourth-order valence-electron chi connectivity index (χ4n) is 3.27. The first kappa shape index (κ1) is 18.5. The highest BCUT2D eigenvalue weighted by Gasteiger charge is 2.25.